The number of benzene rings is 1. The van der Waals surface area contributed by atoms with E-state index in [1.165, 1.54) is 19.3 Å². The van der Waals surface area contributed by atoms with Gasteiger partial charge in [-0.2, -0.15) is 0 Å². The summed E-state index contributed by atoms with van der Waals surface area (Å²) in [4.78, 5) is 12.5. The smallest absolute Gasteiger partial charge is 0.287 e. The van der Waals surface area contributed by atoms with E-state index in [2.05, 4.69) is 12.2 Å². The second kappa shape index (κ2) is 7.36. The van der Waals surface area contributed by atoms with Crippen LogP contribution in [-0.4, -0.2) is 11.9 Å². The molecule has 23 heavy (non-hydrogen) atoms. The predicted octanol–water partition coefficient (Wildman–Crippen LogP) is 4.17. The van der Waals surface area contributed by atoms with E-state index in [4.69, 9.17) is 9.15 Å². The van der Waals surface area contributed by atoms with Crippen LogP contribution in [0.2, 0.25) is 0 Å². The minimum atomic E-state index is -0.139. The van der Waals surface area contributed by atoms with Crippen molar-refractivity contribution in [1.29, 1.82) is 0 Å². The molecule has 0 saturated heterocycles. The van der Waals surface area contributed by atoms with Gasteiger partial charge in [-0.15, -0.1) is 0 Å². The van der Waals surface area contributed by atoms with Gasteiger partial charge in [0.05, 0.1) is 6.26 Å². The summed E-state index contributed by atoms with van der Waals surface area (Å²) in [6.07, 6.45) is 6.20. The van der Waals surface area contributed by atoms with Crippen molar-refractivity contribution < 1.29 is 13.9 Å². The quantitative estimate of drug-likeness (QED) is 0.901. The molecule has 0 spiro atoms. The molecule has 3 rings (SSSR count). The number of carbonyl (C=O) groups is 1. The molecular weight excluding hydrogens is 290 g/mol. The molecule has 1 saturated carbocycles. The van der Waals surface area contributed by atoms with Crippen LogP contribution in [0.1, 0.15) is 48.7 Å². The number of ether oxygens (including phenoxy) is 1. The zero-order valence-electron chi connectivity index (χ0n) is 13.5. The Labute approximate surface area is 136 Å². The van der Waals surface area contributed by atoms with Crippen molar-refractivity contribution in [3.63, 3.8) is 0 Å². The van der Waals surface area contributed by atoms with Crippen molar-refractivity contribution >= 4 is 5.91 Å². The summed E-state index contributed by atoms with van der Waals surface area (Å²) in [7, 11) is 0. The maximum atomic E-state index is 12.5. The van der Waals surface area contributed by atoms with E-state index < -0.39 is 0 Å². The first-order chi connectivity index (χ1) is 11.2. The second-order valence-corrected chi connectivity index (χ2v) is 6.22. The maximum absolute atomic E-state index is 12.5. The minimum Gasteiger partial charge on any atom is -0.489 e. The van der Waals surface area contributed by atoms with Crippen LogP contribution < -0.4 is 10.1 Å². The monoisotopic (exact) mass is 313 g/mol. The summed E-state index contributed by atoms with van der Waals surface area (Å²) in [5.41, 5.74) is 0.773. The molecule has 2 unspecified atom stereocenters. The van der Waals surface area contributed by atoms with Crippen LogP contribution in [-0.2, 0) is 6.61 Å². The topological polar surface area (TPSA) is 51.5 Å². The lowest BCUT2D eigenvalue weighted by Gasteiger charge is -2.29. The van der Waals surface area contributed by atoms with E-state index in [0.717, 1.165) is 17.7 Å². The largest absolute Gasteiger partial charge is 0.489 e. The minimum absolute atomic E-state index is 0.139. The number of hydrogen-bond acceptors (Lipinski definition) is 3. The summed E-state index contributed by atoms with van der Waals surface area (Å²) >= 11 is 0. The molecule has 0 bridgehead atoms. The van der Waals surface area contributed by atoms with Crippen LogP contribution in [0.15, 0.2) is 47.1 Å². The normalized spacial score (nSPS) is 20.9. The van der Waals surface area contributed by atoms with Crippen LogP contribution in [0.4, 0.5) is 0 Å². The Bertz CT molecular complexity index is 635. The van der Waals surface area contributed by atoms with E-state index in [9.17, 15) is 4.79 Å². The molecule has 1 amide bonds. The van der Waals surface area contributed by atoms with Crippen molar-refractivity contribution in [3.05, 3.63) is 54.0 Å². The van der Waals surface area contributed by atoms with Gasteiger partial charge in [-0.05, 0) is 37.0 Å². The SMILES string of the molecule is CC1CCCCC1NC(=O)c1occc1COc1ccccc1. The second-order valence-electron chi connectivity index (χ2n) is 6.22. The number of carbonyl (C=O) groups excluding carboxylic acids is 1. The van der Waals surface area contributed by atoms with Crippen LogP contribution >= 0.6 is 0 Å². The number of nitrogens with one attached hydrogen (secondary N) is 1. The third kappa shape index (κ3) is 3.95. The van der Waals surface area contributed by atoms with Gasteiger partial charge < -0.3 is 14.5 Å². The van der Waals surface area contributed by atoms with Crippen molar-refractivity contribution in [2.75, 3.05) is 0 Å². The fraction of sp³-hybridized carbons (Fsp3) is 0.421. The Morgan fingerprint density at radius 2 is 2.00 bits per heavy atom. The molecule has 1 N–H and O–H groups in total. The third-order valence-corrected chi connectivity index (χ3v) is 4.52. The van der Waals surface area contributed by atoms with E-state index in [0.29, 0.717) is 18.3 Å². The predicted molar refractivity (Wildman–Crippen MR) is 88.4 cm³/mol. The van der Waals surface area contributed by atoms with Gasteiger partial charge in [-0.3, -0.25) is 4.79 Å². The highest BCUT2D eigenvalue weighted by molar-refractivity contribution is 5.93. The number of para-hydroxylation sites is 1. The van der Waals surface area contributed by atoms with Crippen LogP contribution in [0.25, 0.3) is 0 Å². The number of amides is 1. The summed E-state index contributed by atoms with van der Waals surface area (Å²) in [5.74, 6) is 1.52. The molecule has 2 atom stereocenters. The molecule has 4 nitrogen and oxygen atoms in total. The highest BCUT2D eigenvalue weighted by atomic mass is 16.5. The summed E-state index contributed by atoms with van der Waals surface area (Å²) in [6.45, 7) is 2.52. The van der Waals surface area contributed by atoms with Crippen molar-refractivity contribution in [2.24, 2.45) is 5.92 Å². The van der Waals surface area contributed by atoms with Gasteiger partial charge >= 0.3 is 0 Å². The zero-order valence-corrected chi connectivity index (χ0v) is 13.5. The molecule has 0 aliphatic heterocycles. The fourth-order valence-electron chi connectivity index (χ4n) is 3.09. The van der Waals surface area contributed by atoms with Crippen LogP contribution in [0, 0.1) is 5.92 Å². The van der Waals surface area contributed by atoms with Gasteiger partial charge in [-0.25, -0.2) is 0 Å². The number of rotatable bonds is 5. The fourth-order valence-corrected chi connectivity index (χ4v) is 3.09. The van der Waals surface area contributed by atoms with Crippen molar-refractivity contribution in [3.8, 4) is 5.75 Å². The average Bonchev–Trinajstić information content (AvgIpc) is 3.05. The van der Waals surface area contributed by atoms with Crippen LogP contribution in [0.3, 0.4) is 0 Å². The van der Waals surface area contributed by atoms with Gasteiger partial charge in [0.15, 0.2) is 5.76 Å². The lowest BCUT2D eigenvalue weighted by atomic mass is 9.86. The summed E-state index contributed by atoms with van der Waals surface area (Å²) < 4.78 is 11.1. The molecule has 1 aliphatic rings. The molecule has 0 radical (unpaired) electrons. The molecule has 1 fully saturated rings. The first kappa shape index (κ1) is 15.7. The van der Waals surface area contributed by atoms with Crippen molar-refractivity contribution in [2.45, 2.75) is 45.3 Å². The number of hydrogen-bond donors (Lipinski definition) is 1. The molecule has 1 heterocycles. The molecule has 2 aromatic rings. The molecule has 4 heteroatoms. The Morgan fingerprint density at radius 3 is 2.78 bits per heavy atom. The standard InChI is InChI=1S/C19H23NO3/c1-14-7-5-6-10-17(14)20-19(21)18-15(11-12-22-18)13-23-16-8-3-2-4-9-16/h2-4,8-9,11-12,14,17H,5-7,10,13H2,1H3,(H,20,21). The van der Waals surface area contributed by atoms with Crippen LogP contribution in [0.5, 0.6) is 5.75 Å². The van der Waals surface area contributed by atoms with E-state index >= 15 is 0 Å². The first-order valence-electron chi connectivity index (χ1n) is 8.29. The van der Waals surface area contributed by atoms with Gasteiger partial charge in [-0.1, -0.05) is 38.0 Å². The average molecular weight is 313 g/mol. The summed E-state index contributed by atoms with van der Waals surface area (Å²) in [5, 5.41) is 3.12. The Hall–Kier alpha value is -2.23. The van der Waals surface area contributed by atoms with E-state index in [1.54, 1.807) is 12.3 Å². The Morgan fingerprint density at radius 1 is 1.22 bits per heavy atom. The van der Waals surface area contributed by atoms with Gasteiger partial charge in [0.25, 0.3) is 5.91 Å². The van der Waals surface area contributed by atoms with Gasteiger partial charge in [0, 0.05) is 11.6 Å². The molecule has 1 aromatic carbocycles. The zero-order chi connectivity index (χ0) is 16.1. The lowest BCUT2D eigenvalue weighted by Crippen LogP contribution is -2.41. The highest BCUT2D eigenvalue weighted by Crippen LogP contribution is 2.24. The third-order valence-electron chi connectivity index (χ3n) is 4.52. The summed E-state index contributed by atoms with van der Waals surface area (Å²) in [6, 6.07) is 11.6. The maximum Gasteiger partial charge on any atom is 0.287 e. The molecule has 1 aliphatic carbocycles. The van der Waals surface area contributed by atoms with E-state index in [-0.39, 0.29) is 11.9 Å². The van der Waals surface area contributed by atoms with E-state index in [1.807, 2.05) is 30.3 Å². The molecule has 122 valence electrons. The molecular formula is C19H23NO3. The van der Waals surface area contributed by atoms with Gasteiger partial charge in [0.2, 0.25) is 0 Å². The lowest BCUT2D eigenvalue weighted by molar-refractivity contribution is 0.0878. The Balaban J connectivity index is 1.62. The Kier molecular flexibility index (Phi) is 5.01. The van der Waals surface area contributed by atoms with Gasteiger partial charge in [0.1, 0.15) is 12.4 Å². The van der Waals surface area contributed by atoms with Crippen molar-refractivity contribution in [1.82, 2.24) is 5.32 Å². The highest BCUT2D eigenvalue weighted by Gasteiger charge is 2.25. The number of furan rings is 1. The molecule has 1 aromatic heterocycles. The first-order valence-corrected chi connectivity index (χ1v) is 8.29.